The summed E-state index contributed by atoms with van der Waals surface area (Å²) in [6.45, 7) is 4.85. The number of hydrogen-bond donors (Lipinski definition) is 3. The summed E-state index contributed by atoms with van der Waals surface area (Å²) in [6.07, 6.45) is 2.86. The lowest BCUT2D eigenvalue weighted by Gasteiger charge is -2.32. The first-order chi connectivity index (χ1) is 7.65. The van der Waals surface area contributed by atoms with Gasteiger partial charge >= 0.3 is 0 Å². The van der Waals surface area contributed by atoms with Crippen molar-refractivity contribution >= 4 is 15.9 Å². The van der Waals surface area contributed by atoms with E-state index in [4.69, 9.17) is 10.9 Å². The van der Waals surface area contributed by atoms with E-state index in [0.717, 1.165) is 12.8 Å². The van der Waals surface area contributed by atoms with Crippen LogP contribution in [-0.2, 0) is 10.0 Å². The Bertz CT molecular complexity index is 403. The third-order valence-electron chi connectivity index (χ3n) is 3.19. The molecule has 0 aromatic heterocycles. The van der Waals surface area contributed by atoms with Crippen molar-refractivity contribution in [2.45, 2.75) is 56.7 Å². The molecule has 1 rings (SSSR count). The highest BCUT2D eigenvalue weighted by molar-refractivity contribution is 7.90. The van der Waals surface area contributed by atoms with E-state index in [-0.39, 0.29) is 5.84 Å². The highest BCUT2D eigenvalue weighted by atomic mass is 32.2. The molecule has 0 aromatic rings. The lowest BCUT2D eigenvalue weighted by atomic mass is 9.98. The smallest absolute Gasteiger partial charge is 0.217 e. The van der Waals surface area contributed by atoms with E-state index in [1.807, 2.05) is 0 Å². The number of nitrogens with two attached hydrogens (primary N) is 1. The van der Waals surface area contributed by atoms with Crippen LogP contribution < -0.4 is 10.5 Å². The van der Waals surface area contributed by atoms with E-state index in [9.17, 15) is 8.42 Å². The molecule has 1 aliphatic carbocycles. The van der Waals surface area contributed by atoms with E-state index < -0.39 is 20.3 Å². The van der Waals surface area contributed by atoms with Gasteiger partial charge in [0, 0.05) is 0 Å². The lowest BCUT2D eigenvalue weighted by Crippen LogP contribution is -2.58. The second-order valence-corrected chi connectivity index (χ2v) is 7.93. The fourth-order valence-electron chi connectivity index (χ4n) is 1.90. The van der Waals surface area contributed by atoms with Crippen LogP contribution in [0.1, 0.15) is 46.5 Å². The summed E-state index contributed by atoms with van der Waals surface area (Å²) in [5, 5.41) is 11.8. The fourth-order valence-corrected chi connectivity index (χ4v) is 3.02. The first-order valence-electron chi connectivity index (χ1n) is 5.66. The maximum atomic E-state index is 12.1. The molecule has 7 heteroatoms. The summed E-state index contributed by atoms with van der Waals surface area (Å²) in [7, 11) is -3.52. The van der Waals surface area contributed by atoms with Crippen LogP contribution in [0.25, 0.3) is 0 Å². The normalized spacial score (nSPS) is 21.7. The average Bonchev–Trinajstić information content (AvgIpc) is 2.63. The first-order valence-corrected chi connectivity index (χ1v) is 7.14. The number of oxime groups is 1. The molecule has 1 aliphatic rings. The summed E-state index contributed by atoms with van der Waals surface area (Å²) in [5.74, 6) is -0.0529. The second-order valence-electron chi connectivity index (χ2n) is 5.49. The summed E-state index contributed by atoms with van der Waals surface area (Å²) in [4.78, 5) is 0. The molecule has 0 aliphatic heterocycles. The summed E-state index contributed by atoms with van der Waals surface area (Å²) in [6, 6.07) is 0. The summed E-state index contributed by atoms with van der Waals surface area (Å²) >= 11 is 0. The van der Waals surface area contributed by atoms with Gasteiger partial charge in [-0.15, -0.1) is 0 Å². The predicted molar refractivity (Wildman–Crippen MR) is 66.4 cm³/mol. The molecule has 1 saturated carbocycles. The van der Waals surface area contributed by atoms with Crippen LogP contribution in [0.4, 0.5) is 0 Å². The highest BCUT2D eigenvalue weighted by Gasteiger charge is 2.44. The van der Waals surface area contributed by atoms with Gasteiger partial charge in [-0.1, -0.05) is 18.0 Å². The maximum Gasteiger partial charge on any atom is 0.217 e. The Morgan fingerprint density at radius 2 is 1.82 bits per heavy atom. The second kappa shape index (κ2) is 4.45. The van der Waals surface area contributed by atoms with Gasteiger partial charge in [0.05, 0.1) is 10.3 Å². The molecule has 0 heterocycles. The minimum absolute atomic E-state index is 0.0529. The van der Waals surface area contributed by atoms with Gasteiger partial charge in [-0.05, 0) is 33.6 Å². The zero-order valence-corrected chi connectivity index (χ0v) is 11.3. The van der Waals surface area contributed by atoms with Gasteiger partial charge in [0.1, 0.15) is 0 Å². The van der Waals surface area contributed by atoms with Gasteiger partial charge in [0.25, 0.3) is 0 Å². The molecule has 0 unspecified atom stereocenters. The van der Waals surface area contributed by atoms with Crippen LogP contribution in [0, 0.1) is 0 Å². The standard InChI is InChI=1S/C10H21N3O3S/c1-9(2,3)17(15,16)13-10(8(11)12-14)6-4-5-7-10/h13-14H,4-7H2,1-3H3,(H2,11,12). The minimum Gasteiger partial charge on any atom is -0.409 e. The summed E-state index contributed by atoms with van der Waals surface area (Å²) < 4.78 is 26.0. The predicted octanol–water partition coefficient (Wildman–Crippen LogP) is 0.763. The molecule has 17 heavy (non-hydrogen) atoms. The van der Waals surface area contributed by atoms with Crippen molar-refractivity contribution in [2.75, 3.05) is 0 Å². The largest absolute Gasteiger partial charge is 0.409 e. The van der Waals surface area contributed by atoms with Crippen molar-refractivity contribution in [1.82, 2.24) is 4.72 Å². The van der Waals surface area contributed by atoms with Crippen molar-refractivity contribution in [3.8, 4) is 0 Å². The number of rotatable bonds is 3. The summed E-state index contributed by atoms with van der Waals surface area (Å²) in [5.41, 5.74) is 4.72. The monoisotopic (exact) mass is 263 g/mol. The maximum absolute atomic E-state index is 12.1. The van der Waals surface area contributed by atoms with E-state index in [1.165, 1.54) is 0 Å². The molecule has 0 atom stereocenters. The van der Waals surface area contributed by atoms with Crippen molar-refractivity contribution in [1.29, 1.82) is 0 Å². The van der Waals surface area contributed by atoms with E-state index >= 15 is 0 Å². The topological polar surface area (TPSA) is 105 Å². The number of nitrogens with one attached hydrogen (secondary N) is 1. The Hall–Kier alpha value is -0.820. The van der Waals surface area contributed by atoms with Crippen LogP contribution in [-0.4, -0.2) is 29.7 Å². The Morgan fingerprint density at radius 3 is 2.18 bits per heavy atom. The Kier molecular flexibility index (Phi) is 3.73. The van der Waals surface area contributed by atoms with Crippen LogP contribution >= 0.6 is 0 Å². The molecular weight excluding hydrogens is 242 g/mol. The van der Waals surface area contributed by atoms with Crippen LogP contribution in [0.15, 0.2) is 5.16 Å². The molecular formula is C10H21N3O3S. The van der Waals surface area contributed by atoms with Crippen molar-refractivity contribution in [3.05, 3.63) is 0 Å². The van der Waals surface area contributed by atoms with Gasteiger partial charge in [0.15, 0.2) is 5.84 Å². The zero-order valence-electron chi connectivity index (χ0n) is 10.5. The molecule has 0 aromatic carbocycles. The van der Waals surface area contributed by atoms with Crippen molar-refractivity contribution in [3.63, 3.8) is 0 Å². The van der Waals surface area contributed by atoms with Gasteiger partial charge in [-0.2, -0.15) is 0 Å². The molecule has 0 bridgehead atoms. The minimum atomic E-state index is -3.52. The Morgan fingerprint density at radius 1 is 1.35 bits per heavy atom. The molecule has 0 amide bonds. The van der Waals surface area contributed by atoms with Crippen molar-refractivity contribution < 1.29 is 13.6 Å². The van der Waals surface area contributed by atoms with Gasteiger partial charge < -0.3 is 10.9 Å². The number of nitrogens with zero attached hydrogens (tertiary/aromatic N) is 1. The van der Waals surface area contributed by atoms with Gasteiger partial charge in [0.2, 0.25) is 10.0 Å². The fraction of sp³-hybridized carbons (Fsp3) is 0.900. The molecule has 4 N–H and O–H groups in total. The zero-order chi connectivity index (χ0) is 13.3. The van der Waals surface area contributed by atoms with E-state index in [1.54, 1.807) is 20.8 Å². The van der Waals surface area contributed by atoms with Crippen LogP contribution in [0.3, 0.4) is 0 Å². The SMILES string of the molecule is CC(C)(C)S(=O)(=O)NC1(C(N)=NO)CCCC1. The molecule has 1 fully saturated rings. The quantitative estimate of drug-likeness (QED) is 0.302. The molecule has 0 radical (unpaired) electrons. The highest BCUT2D eigenvalue weighted by Crippen LogP contribution is 2.32. The van der Waals surface area contributed by atoms with E-state index in [2.05, 4.69) is 9.88 Å². The molecule has 0 saturated heterocycles. The van der Waals surface area contributed by atoms with E-state index in [0.29, 0.717) is 12.8 Å². The third-order valence-corrected chi connectivity index (χ3v) is 5.46. The van der Waals surface area contributed by atoms with Gasteiger partial charge in [-0.25, -0.2) is 13.1 Å². The van der Waals surface area contributed by atoms with Crippen molar-refractivity contribution in [2.24, 2.45) is 10.9 Å². The van der Waals surface area contributed by atoms with Crippen LogP contribution in [0.5, 0.6) is 0 Å². The number of hydrogen-bond acceptors (Lipinski definition) is 4. The Balaban J connectivity index is 3.06. The average molecular weight is 263 g/mol. The molecule has 100 valence electrons. The lowest BCUT2D eigenvalue weighted by molar-refractivity contribution is 0.309. The Labute approximate surface area is 102 Å². The molecule has 6 nitrogen and oxygen atoms in total. The third kappa shape index (κ3) is 2.71. The number of amidine groups is 1. The van der Waals surface area contributed by atoms with Crippen LogP contribution in [0.2, 0.25) is 0 Å². The number of sulfonamides is 1. The van der Waals surface area contributed by atoms with Gasteiger partial charge in [-0.3, -0.25) is 0 Å². The molecule has 0 spiro atoms. The first kappa shape index (κ1) is 14.2.